The molecule has 0 saturated carbocycles. The SMILES string of the molecule is CC(=O)OC1O[C@@](COCc2ccccc2)(S(=O)(=O)c2ccc(C)cc2)[C@@H](OCc2ccccc2)[C@H]1OC(C)=O. The smallest absolute Gasteiger partial charge is 0.305 e. The largest absolute Gasteiger partial charge is 0.453 e. The van der Waals surface area contributed by atoms with Gasteiger partial charge in [-0.25, -0.2) is 8.42 Å². The Labute approximate surface area is 233 Å². The molecule has 3 aromatic rings. The number of rotatable bonds is 11. The first-order valence-corrected chi connectivity index (χ1v) is 14.2. The van der Waals surface area contributed by atoms with Gasteiger partial charge in [-0.1, -0.05) is 78.4 Å². The highest BCUT2D eigenvalue weighted by Gasteiger charge is 2.66. The van der Waals surface area contributed by atoms with Crippen molar-refractivity contribution >= 4 is 21.8 Å². The van der Waals surface area contributed by atoms with E-state index in [4.69, 9.17) is 23.7 Å². The molecule has 1 unspecified atom stereocenters. The van der Waals surface area contributed by atoms with Crippen molar-refractivity contribution in [3.05, 3.63) is 102 Å². The molecular weight excluding hydrogens is 536 g/mol. The summed E-state index contributed by atoms with van der Waals surface area (Å²) in [5.41, 5.74) is 2.40. The van der Waals surface area contributed by atoms with Gasteiger partial charge in [-0.2, -0.15) is 0 Å². The average Bonchev–Trinajstić information content (AvgIpc) is 3.21. The zero-order valence-corrected chi connectivity index (χ0v) is 23.3. The molecule has 0 aliphatic carbocycles. The summed E-state index contributed by atoms with van der Waals surface area (Å²) < 4.78 is 58.0. The first-order valence-electron chi connectivity index (χ1n) is 12.7. The summed E-state index contributed by atoms with van der Waals surface area (Å²) in [6.07, 6.45) is -4.39. The number of sulfone groups is 1. The second kappa shape index (κ2) is 12.7. The molecule has 1 aliphatic rings. The van der Waals surface area contributed by atoms with Gasteiger partial charge >= 0.3 is 11.9 Å². The Balaban J connectivity index is 1.81. The van der Waals surface area contributed by atoms with Gasteiger partial charge in [0.2, 0.25) is 21.1 Å². The lowest BCUT2D eigenvalue weighted by Crippen LogP contribution is -2.54. The molecular formula is C30H32O9S. The van der Waals surface area contributed by atoms with Crippen molar-refractivity contribution in [2.75, 3.05) is 6.61 Å². The van der Waals surface area contributed by atoms with E-state index >= 15 is 0 Å². The number of benzene rings is 3. The number of aryl methyl sites for hydroxylation is 1. The van der Waals surface area contributed by atoms with Crippen LogP contribution >= 0.6 is 0 Å². The van der Waals surface area contributed by atoms with Crippen LogP contribution in [0.5, 0.6) is 0 Å². The number of ether oxygens (including phenoxy) is 5. The second-order valence-electron chi connectivity index (χ2n) is 9.49. The predicted octanol–water partition coefficient (Wildman–Crippen LogP) is 4.12. The van der Waals surface area contributed by atoms with Gasteiger partial charge in [-0.3, -0.25) is 9.59 Å². The lowest BCUT2D eigenvalue weighted by molar-refractivity contribution is -0.200. The molecule has 4 rings (SSSR count). The van der Waals surface area contributed by atoms with Gasteiger partial charge in [-0.15, -0.1) is 0 Å². The van der Waals surface area contributed by atoms with E-state index < -0.39 is 51.8 Å². The van der Waals surface area contributed by atoms with Crippen LogP contribution < -0.4 is 0 Å². The maximum absolute atomic E-state index is 14.4. The molecule has 1 aliphatic heterocycles. The molecule has 4 atom stereocenters. The molecule has 40 heavy (non-hydrogen) atoms. The Morgan fingerprint density at radius 2 is 1.35 bits per heavy atom. The van der Waals surface area contributed by atoms with E-state index in [1.54, 1.807) is 12.1 Å². The zero-order chi connectivity index (χ0) is 28.8. The molecule has 0 spiro atoms. The number of hydrogen-bond acceptors (Lipinski definition) is 9. The first-order chi connectivity index (χ1) is 19.1. The summed E-state index contributed by atoms with van der Waals surface area (Å²) in [4.78, 5) is 21.9. The van der Waals surface area contributed by atoms with E-state index in [2.05, 4.69) is 0 Å². The van der Waals surface area contributed by atoms with Crippen molar-refractivity contribution in [2.45, 2.75) is 62.3 Å². The van der Waals surface area contributed by atoms with Gasteiger partial charge in [0.25, 0.3) is 0 Å². The van der Waals surface area contributed by atoms with Gasteiger partial charge < -0.3 is 23.7 Å². The van der Waals surface area contributed by atoms with Gasteiger partial charge in [0, 0.05) is 13.8 Å². The molecule has 9 nitrogen and oxygen atoms in total. The second-order valence-corrected chi connectivity index (χ2v) is 11.7. The van der Waals surface area contributed by atoms with Crippen LogP contribution in [0, 0.1) is 6.92 Å². The fourth-order valence-corrected chi connectivity index (χ4v) is 6.34. The molecule has 0 aromatic heterocycles. The summed E-state index contributed by atoms with van der Waals surface area (Å²) in [5.74, 6) is -1.48. The number of hydrogen-bond donors (Lipinski definition) is 0. The van der Waals surface area contributed by atoms with Crippen LogP contribution in [-0.2, 0) is 56.3 Å². The van der Waals surface area contributed by atoms with Crippen molar-refractivity contribution in [3.8, 4) is 0 Å². The fraction of sp³-hybridized carbons (Fsp3) is 0.333. The highest BCUT2D eigenvalue weighted by Crippen LogP contribution is 2.44. The molecule has 10 heteroatoms. The Morgan fingerprint density at radius 1 is 0.800 bits per heavy atom. The average molecular weight is 569 g/mol. The topological polar surface area (TPSA) is 114 Å². The molecule has 0 radical (unpaired) electrons. The molecule has 1 heterocycles. The third-order valence-electron chi connectivity index (χ3n) is 6.37. The summed E-state index contributed by atoms with van der Waals surface area (Å²) in [6, 6.07) is 24.5. The van der Waals surface area contributed by atoms with Crippen LogP contribution in [0.25, 0.3) is 0 Å². The van der Waals surface area contributed by atoms with E-state index in [9.17, 15) is 18.0 Å². The lowest BCUT2D eigenvalue weighted by atomic mass is 10.1. The third kappa shape index (κ3) is 6.59. The van der Waals surface area contributed by atoms with Gasteiger partial charge in [0.05, 0.1) is 24.7 Å². The summed E-state index contributed by atoms with van der Waals surface area (Å²) >= 11 is 0. The highest BCUT2D eigenvalue weighted by molar-refractivity contribution is 7.92. The van der Waals surface area contributed by atoms with Crippen molar-refractivity contribution < 1.29 is 41.7 Å². The predicted molar refractivity (Wildman–Crippen MR) is 144 cm³/mol. The molecule has 1 fully saturated rings. The van der Waals surface area contributed by atoms with E-state index in [1.165, 1.54) is 19.1 Å². The van der Waals surface area contributed by atoms with Crippen LogP contribution in [0.4, 0.5) is 0 Å². The quantitative estimate of drug-likeness (QED) is 0.315. The number of esters is 2. The minimum absolute atomic E-state index is 0.0384. The monoisotopic (exact) mass is 568 g/mol. The molecule has 0 bridgehead atoms. The van der Waals surface area contributed by atoms with Crippen molar-refractivity contribution in [1.82, 2.24) is 0 Å². The van der Waals surface area contributed by atoms with Gasteiger partial charge in [0.15, 0.2) is 6.10 Å². The highest BCUT2D eigenvalue weighted by atomic mass is 32.2. The first kappa shape index (κ1) is 29.4. The van der Waals surface area contributed by atoms with Crippen LogP contribution in [0.15, 0.2) is 89.8 Å². The van der Waals surface area contributed by atoms with Crippen LogP contribution in [0.2, 0.25) is 0 Å². The summed E-state index contributed by atoms with van der Waals surface area (Å²) in [7, 11) is -4.42. The van der Waals surface area contributed by atoms with Crippen molar-refractivity contribution in [2.24, 2.45) is 0 Å². The minimum atomic E-state index is -4.42. The minimum Gasteiger partial charge on any atom is -0.453 e. The van der Waals surface area contributed by atoms with E-state index in [1.807, 2.05) is 67.6 Å². The molecule has 0 amide bonds. The lowest BCUT2D eigenvalue weighted by Gasteiger charge is -2.34. The third-order valence-corrected chi connectivity index (χ3v) is 8.62. The summed E-state index contributed by atoms with van der Waals surface area (Å²) in [6.45, 7) is 3.67. The van der Waals surface area contributed by atoms with Crippen molar-refractivity contribution in [3.63, 3.8) is 0 Å². The fourth-order valence-electron chi connectivity index (χ4n) is 4.48. The Morgan fingerprint density at radius 3 is 1.90 bits per heavy atom. The maximum atomic E-state index is 14.4. The normalized spacial score (nSPS) is 22.5. The van der Waals surface area contributed by atoms with E-state index in [0.717, 1.165) is 23.6 Å². The Hall–Kier alpha value is -3.57. The van der Waals surface area contributed by atoms with Crippen LogP contribution in [0.1, 0.15) is 30.5 Å². The number of carbonyl (C=O) groups excluding carboxylic acids is 2. The Kier molecular flexibility index (Phi) is 9.36. The molecule has 1 saturated heterocycles. The molecule has 212 valence electrons. The standard InChI is InChI=1S/C30H32O9S/c1-21-14-16-26(17-15-21)40(33,34)30(20-35-18-24-10-6-4-7-11-24)28(36-19-25-12-8-5-9-13-25)27(37-22(2)31)29(39-30)38-23(3)32/h4-17,27-29H,18-20H2,1-3H3/t27-,28+,29?,30+/m1/s1. The van der Waals surface area contributed by atoms with E-state index in [-0.39, 0.29) is 18.1 Å². The molecule has 0 N–H and O–H groups in total. The molecule has 3 aromatic carbocycles. The van der Waals surface area contributed by atoms with Gasteiger partial charge in [-0.05, 0) is 30.2 Å². The summed E-state index contributed by atoms with van der Waals surface area (Å²) in [5, 5.41) is 0. The van der Waals surface area contributed by atoms with Crippen LogP contribution in [-0.4, -0.2) is 50.4 Å². The van der Waals surface area contributed by atoms with E-state index in [0.29, 0.717) is 0 Å². The zero-order valence-electron chi connectivity index (χ0n) is 22.5. The van der Waals surface area contributed by atoms with Gasteiger partial charge in [0.1, 0.15) is 6.10 Å². The Bertz CT molecular complexity index is 1390. The van der Waals surface area contributed by atoms with Crippen molar-refractivity contribution in [1.29, 1.82) is 0 Å². The maximum Gasteiger partial charge on any atom is 0.305 e. The number of carbonyl (C=O) groups is 2. The van der Waals surface area contributed by atoms with Crippen LogP contribution in [0.3, 0.4) is 0 Å².